The molecule has 0 amide bonds. The van der Waals surface area contributed by atoms with Gasteiger partial charge >= 0.3 is 0 Å². The van der Waals surface area contributed by atoms with Gasteiger partial charge in [-0.3, -0.25) is 0 Å². The van der Waals surface area contributed by atoms with E-state index in [2.05, 4.69) is 41.5 Å². The highest BCUT2D eigenvalue weighted by Gasteiger charge is 2.61. The Morgan fingerprint density at radius 2 is 1.05 bits per heavy atom. The fourth-order valence-corrected chi connectivity index (χ4v) is 6.28. The molecule has 4 fully saturated rings. The normalized spacial score (nSPS) is 51.4. The highest BCUT2D eigenvalue weighted by atomic mass is 15.2. The van der Waals surface area contributed by atoms with E-state index in [1.807, 2.05) is 0 Å². The predicted molar refractivity (Wildman–Crippen MR) is 93.3 cm³/mol. The molecule has 4 bridgehead atoms. The van der Waals surface area contributed by atoms with Gasteiger partial charge in [0.1, 0.15) is 0 Å². The van der Waals surface area contributed by atoms with Crippen LogP contribution in [0.25, 0.3) is 0 Å². The van der Waals surface area contributed by atoms with Crippen LogP contribution in [0.4, 0.5) is 0 Å². The van der Waals surface area contributed by atoms with Crippen molar-refractivity contribution in [2.24, 2.45) is 43.7 Å². The van der Waals surface area contributed by atoms with E-state index in [-0.39, 0.29) is 10.8 Å². The smallest absolute Gasteiger partial charge is 0.0473 e. The molecule has 4 aliphatic rings. The van der Waals surface area contributed by atoms with E-state index in [4.69, 9.17) is 10.2 Å². The lowest BCUT2D eigenvalue weighted by atomic mass is 9.70. The maximum Gasteiger partial charge on any atom is 0.0473 e. The van der Waals surface area contributed by atoms with Gasteiger partial charge < -0.3 is 0 Å². The molecule has 0 aromatic rings. The zero-order valence-corrected chi connectivity index (χ0v) is 15.3. The van der Waals surface area contributed by atoms with Crippen LogP contribution in [0.1, 0.15) is 80.1 Å². The van der Waals surface area contributed by atoms with Crippen LogP contribution in [0, 0.1) is 33.5 Å². The second-order valence-corrected chi connectivity index (χ2v) is 10.1. The summed E-state index contributed by atoms with van der Waals surface area (Å²) in [7, 11) is 0. The van der Waals surface area contributed by atoms with Crippen LogP contribution in [0.3, 0.4) is 0 Å². The minimum absolute atomic E-state index is 0.287. The van der Waals surface area contributed by atoms with Crippen LogP contribution in [0.2, 0.25) is 0 Å². The van der Waals surface area contributed by atoms with Crippen LogP contribution in [-0.2, 0) is 0 Å². The van der Waals surface area contributed by atoms with Gasteiger partial charge in [-0.05, 0) is 61.2 Å². The molecule has 0 N–H and O–H groups in total. The Morgan fingerprint density at radius 1 is 0.682 bits per heavy atom. The Morgan fingerprint density at radius 3 is 1.27 bits per heavy atom. The number of hydrogen-bond donors (Lipinski definition) is 0. The van der Waals surface area contributed by atoms with Gasteiger partial charge in [-0.25, -0.2) is 0 Å². The Hall–Kier alpha value is -0.660. The maximum atomic E-state index is 4.89. The van der Waals surface area contributed by atoms with Gasteiger partial charge in [-0.1, -0.05) is 41.5 Å². The monoisotopic (exact) mass is 300 g/mol. The molecular weight excluding hydrogens is 268 g/mol. The van der Waals surface area contributed by atoms with Gasteiger partial charge in [0.05, 0.1) is 0 Å². The maximum absolute atomic E-state index is 4.89. The molecule has 4 rings (SSSR count). The third kappa shape index (κ3) is 1.48. The van der Waals surface area contributed by atoms with Crippen LogP contribution in [-0.4, -0.2) is 11.4 Å². The number of rotatable bonds is 1. The average Bonchev–Trinajstić information content (AvgIpc) is 2.95. The van der Waals surface area contributed by atoms with Crippen molar-refractivity contribution in [2.45, 2.75) is 80.1 Å². The molecule has 4 atom stereocenters. The number of nitrogens with zero attached hydrogens (tertiary/aromatic N) is 2. The molecule has 0 radical (unpaired) electrons. The molecule has 0 unspecified atom stereocenters. The highest BCUT2D eigenvalue weighted by Crippen LogP contribution is 2.65. The van der Waals surface area contributed by atoms with Crippen molar-refractivity contribution in [3.8, 4) is 0 Å². The first-order valence-corrected chi connectivity index (χ1v) is 9.27. The highest BCUT2D eigenvalue weighted by molar-refractivity contribution is 5.97. The summed E-state index contributed by atoms with van der Waals surface area (Å²) in [6.45, 7) is 14.7. The van der Waals surface area contributed by atoms with Crippen LogP contribution < -0.4 is 0 Å². The molecule has 0 saturated heterocycles. The van der Waals surface area contributed by atoms with Gasteiger partial charge in [0.2, 0.25) is 0 Å². The third-order valence-electron chi connectivity index (χ3n) is 9.32. The predicted octanol–water partition coefficient (Wildman–Crippen LogP) is 5.48. The summed E-state index contributed by atoms with van der Waals surface area (Å²) in [5, 5.41) is 9.78. The van der Waals surface area contributed by atoms with E-state index < -0.39 is 0 Å². The molecule has 4 saturated carbocycles. The zero-order valence-electron chi connectivity index (χ0n) is 15.3. The van der Waals surface area contributed by atoms with E-state index in [0.29, 0.717) is 10.8 Å². The average molecular weight is 300 g/mol. The van der Waals surface area contributed by atoms with Crippen LogP contribution >= 0.6 is 0 Å². The second kappa shape index (κ2) is 4.05. The summed E-state index contributed by atoms with van der Waals surface area (Å²) in [5.74, 6) is 1.65. The second-order valence-electron chi connectivity index (χ2n) is 10.1. The number of hydrogen-bond acceptors (Lipinski definition) is 2. The summed E-state index contributed by atoms with van der Waals surface area (Å²) in [6.07, 6.45) is 7.74. The van der Waals surface area contributed by atoms with E-state index in [9.17, 15) is 0 Å². The molecule has 0 aromatic carbocycles. The largest absolute Gasteiger partial charge is 0.160 e. The fraction of sp³-hybridized carbons (Fsp3) is 0.900. The van der Waals surface area contributed by atoms with Crippen molar-refractivity contribution >= 4 is 11.4 Å². The van der Waals surface area contributed by atoms with Crippen molar-refractivity contribution in [3.05, 3.63) is 0 Å². The fourth-order valence-electron chi connectivity index (χ4n) is 6.28. The Kier molecular flexibility index (Phi) is 2.74. The van der Waals surface area contributed by atoms with Crippen molar-refractivity contribution in [1.82, 2.24) is 0 Å². The van der Waals surface area contributed by atoms with Crippen molar-refractivity contribution in [2.75, 3.05) is 0 Å². The van der Waals surface area contributed by atoms with E-state index >= 15 is 0 Å². The molecule has 0 aliphatic heterocycles. The lowest BCUT2D eigenvalue weighted by Crippen LogP contribution is -2.33. The Bertz CT molecular complexity index is 531. The standard InChI is InChI=1S/C20H32N2/c1-17(2)13-7-9-19(17,5)15(11-13)21-22-16-12-14-8-10-20(16,6)18(14,3)4/h13-14H,7-12H2,1-6H3/b21-15-,22-16-/t13-,14+,19+,20-. The van der Waals surface area contributed by atoms with Gasteiger partial charge in [0, 0.05) is 22.3 Å². The molecule has 0 spiro atoms. The number of fused-ring (bicyclic) bond motifs is 4. The first-order chi connectivity index (χ1) is 10.1. The summed E-state index contributed by atoms with van der Waals surface area (Å²) < 4.78 is 0. The molecule has 22 heavy (non-hydrogen) atoms. The van der Waals surface area contributed by atoms with Crippen LogP contribution in [0.15, 0.2) is 10.2 Å². The Balaban J connectivity index is 1.67. The molecule has 0 aromatic heterocycles. The van der Waals surface area contributed by atoms with Crippen molar-refractivity contribution < 1.29 is 0 Å². The van der Waals surface area contributed by atoms with E-state index in [1.165, 1.54) is 49.9 Å². The van der Waals surface area contributed by atoms with Gasteiger partial charge in [-0.2, -0.15) is 10.2 Å². The van der Waals surface area contributed by atoms with Crippen LogP contribution in [0.5, 0.6) is 0 Å². The summed E-state index contributed by atoms with van der Waals surface area (Å²) >= 11 is 0. The molecule has 0 heterocycles. The van der Waals surface area contributed by atoms with Crippen molar-refractivity contribution in [1.29, 1.82) is 0 Å². The van der Waals surface area contributed by atoms with Crippen molar-refractivity contribution in [3.63, 3.8) is 0 Å². The Labute approximate surface area is 135 Å². The lowest BCUT2D eigenvalue weighted by molar-refractivity contribution is 0.193. The third-order valence-corrected chi connectivity index (χ3v) is 9.32. The summed E-state index contributed by atoms with van der Waals surface area (Å²) in [5.41, 5.74) is 4.18. The molecule has 122 valence electrons. The first kappa shape index (κ1) is 14.9. The molecule has 2 nitrogen and oxygen atoms in total. The lowest BCUT2D eigenvalue weighted by Gasteiger charge is -2.35. The topological polar surface area (TPSA) is 24.7 Å². The van der Waals surface area contributed by atoms with E-state index in [0.717, 1.165) is 11.8 Å². The van der Waals surface area contributed by atoms with Gasteiger partial charge in [0.15, 0.2) is 0 Å². The first-order valence-electron chi connectivity index (χ1n) is 9.27. The summed E-state index contributed by atoms with van der Waals surface area (Å²) in [4.78, 5) is 0. The SMILES string of the molecule is CC1(C)[C@@H]2CC[C@@]1(C)/C(=N\N=C1\C[C@@H]3CC[C@@]1(C)C3(C)C)C2. The molecule has 4 aliphatic carbocycles. The minimum Gasteiger partial charge on any atom is -0.160 e. The van der Waals surface area contributed by atoms with Gasteiger partial charge in [-0.15, -0.1) is 0 Å². The van der Waals surface area contributed by atoms with Gasteiger partial charge in [0.25, 0.3) is 0 Å². The molecular formula is C20H32N2. The minimum atomic E-state index is 0.287. The van der Waals surface area contributed by atoms with E-state index in [1.54, 1.807) is 0 Å². The quantitative estimate of drug-likeness (QED) is 0.573. The summed E-state index contributed by atoms with van der Waals surface area (Å²) in [6, 6.07) is 0. The zero-order chi connectivity index (χ0) is 16.0. The molecule has 2 heteroatoms.